The molecule has 1 heterocycles. The summed E-state index contributed by atoms with van der Waals surface area (Å²) in [5.41, 5.74) is 0. The molecule has 0 aliphatic carbocycles. The van der Waals surface area contributed by atoms with Crippen LogP contribution >= 0.6 is 0 Å². The summed E-state index contributed by atoms with van der Waals surface area (Å²) in [5, 5.41) is 0. The molecule has 0 bridgehead atoms. The topological polar surface area (TPSA) is 51.2 Å². The van der Waals surface area contributed by atoms with Gasteiger partial charge in [-0.25, -0.2) is 0 Å². The van der Waals surface area contributed by atoms with E-state index in [0.717, 1.165) is 0 Å². The van der Waals surface area contributed by atoms with Gasteiger partial charge in [0.2, 0.25) is 0 Å². The molecule has 2 aromatic rings. The zero-order chi connectivity index (χ0) is 12.0. The maximum absolute atomic E-state index is 12.4. The molecule has 17 heavy (non-hydrogen) atoms. The minimum atomic E-state index is -4.34. The Hall–Kier alpha value is -1.12. The fourth-order valence-electron chi connectivity index (χ4n) is 1.89. The van der Waals surface area contributed by atoms with Crippen molar-refractivity contribution in [1.82, 2.24) is 0 Å². The summed E-state index contributed by atoms with van der Waals surface area (Å²) in [5.74, 6) is 0. The third-order valence-electron chi connectivity index (χ3n) is 2.68. The molecular formula is C12H8O3Se2. The summed E-state index contributed by atoms with van der Waals surface area (Å²) >= 11 is -6.78. The van der Waals surface area contributed by atoms with Crippen molar-refractivity contribution in [3.8, 4) is 0 Å². The normalized spacial score (nSPS) is 17.2. The molecule has 2 aromatic carbocycles. The van der Waals surface area contributed by atoms with Crippen LogP contribution in [0.25, 0.3) is 0 Å². The van der Waals surface area contributed by atoms with E-state index in [4.69, 9.17) is 0 Å². The second-order valence-electron chi connectivity index (χ2n) is 3.67. The van der Waals surface area contributed by atoms with Crippen LogP contribution in [0, 0.1) is 0 Å². The number of benzene rings is 2. The van der Waals surface area contributed by atoms with Crippen LogP contribution < -0.4 is 17.8 Å². The van der Waals surface area contributed by atoms with Gasteiger partial charge in [-0.15, -0.1) is 0 Å². The van der Waals surface area contributed by atoms with Crippen molar-refractivity contribution in [3.05, 3.63) is 48.5 Å². The molecule has 1 aliphatic heterocycles. The van der Waals surface area contributed by atoms with Crippen molar-refractivity contribution in [1.29, 1.82) is 0 Å². The molecule has 0 amide bonds. The van der Waals surface area contributed by atoms with Gasteiger partial charge in [-0.3, -0.25) is 0 Å². The van der Waals surface area contributed by atoms with E-state index < -0.39 is 26.5 Å². The molecule has 5 heteroatoms. The third-order valence-corrected chi connectivity index (χ3v) is 11.1. The summed E-state index contributed by atoms with van der Waals surface area (Å²) in [6.07, 6.45) is 0. The zero-order valence-corrected chi connectivity index (χ0v) is 12.1. The zero-order valence-electron chi connectivity index (χ0n) is 8.66. The first-order chi connectivity index (χ1) is 8.12. The number of fused-ring (bicyclic) bond motifs is 2. The van der Waals surface area contributed by atoms with E-state index >= 15 is 0 Å². The SMILES string of the molecule is O=[Se]1c2ccccc2[Se](=O)(=O)c2ccccc21. The Labute approximate surface area is 104 Å². The van der Waals surface area contributed by atoms with E-state index in [0.29, 0.717) is 8.92 Å². The molecule has 0 saturated heterocycles. The quantitative estimate of drug-likeness (QED) is 0.482. The fraction of sp³-hybridized carbons (Fsp3) is 0. The second kappa shape index (κ2) is 3.69. The summed E-state index contributed by atoms with van der Waals surface area (Å²) < 4.78 is 38.7. The molecule has 3 rings (SSSR count). The van der Waals surface area contributed by atoms with Gasteiger partial charge in [0.1, 0.15) is 0 Å². The molecule has 0 saturated carbocycles. The molecule has 0 fully saturated rings. The number of rotatable bonds is 0. The Morgan fingerprint density at radius 1 is 0.765 bits per heavy atom. The van der Waals surface area contributed by atoms with Gasteiger partial charge in [-0.1, -0.05) is 0 Å². The van der Waals surface area contributed by atoms with E-state index in [1.165, 1.54) is 0 Å². The molecule has 0 atom stereocenters. The fourth-order valence-corrected chi connectivity index (χ4v) is 11.3. The van der Waals surface area contributed by atoms with Gasteiger partial charge in [0.25, 0.3) is 0 Å². The van der Waals surface area contributed by atoms with E-state index in [2.05, 4.69) is 0 Å². The average Bonchev–Trinajstić information content (AvgIpc) is 2.37. The van der Waals surface area contributed by atoms with Gasteiger partial charge in [-0.2, -0.15) is 0 Å². The Bertz CT molecular complexity index is 677. The van der Waals surface area contributed by atoms with E-state index in [9.17, 15) is 11.5 Å². The first-order valence-electron chi connectivity index (χ1n) is 4.97. The summed E-state index contributed by atoms with van der Waals surface area (Å²) in [7, 11) is 0. The molecule has 0 unspecified atom stereocenters. The van der Waals surface area contributed by atoms with Crippen molar-refractivity contribution >= 4 is 44.4 Å². The van der Waals surface area contributed by atoms with Crippen LogP contribution in [-0.4, -0.2) is 26.5 Å². The number of hydrogen-bond donors (Lipinski definition) is 0. The first kappa shape index (κ1) is 11.0. The summed E-state index contributed by atoms with van der Waals surface area (Å²) in [6, 6.07) is 13.2. The molecule has 0 spiro atoms. The second-order valence-corrected chi connectivity index (χ2v) is 10.6. The van der Waals surface area contributed by atoms with E-state index in [1.807, 2.05) is 0 Å². The third kappa shape index (κ3) is 1.48. The minimum absolute atomic E-state index is 0.266. The Balaban J connectivity index is 2.47. The Morgan fingerprint density at radius 3 is 1.65 bits per heavy atom. The van der Waals surface area contributed by atoms with Crippen LogP contribution in [-0.2, 0) is 11.5 Å². The van der Waals surface area contributed by atoms with Gasteiger partial charge >= 0.3 is 104 Å². The number of hydrogen-bond acceptors (Lipinski definition) is 3. The van der Waals surface area contributed by atoms with Gasteiger partial charge in [0, 0.05) is 0 Å². The standard InChI is InChI=1S/C12H8O3Se2/c13-16-9-5-1-3-7-11(9)17(14,15)12-8-4-2-6-10(12)16/h1-8H. The molecule has 0 N–H and O–H groups in total. The van der Waals surface area contributed by atoms with Gasteiger partial charge in [0.05, 0.1) is 0 Å². The predicted molar refractivity (Wildman–Crippen MR) is 65.0 cm³/mol. The first-order valence-corrected chi connectivity index (χ1v) is 10.5. The van der Waals surface area contributed by atoms with Crippen molar-refractivity contribution in [3.63, 3.8) is 0 Å². The predicted octanol–water partition coefficient (Wildman–Crippen LogP) is -1.05. The van der Waals surface area contributed by atoms with E-state index in [-0.39, 0.29) is 8.92 Å². The van der Waals surface area contributed by atoms with Gasteiger partial charge in [0.15, 0.2) is 0 Å². The molecular weight excluding hydrogens is 350 g/mol. The van der Waals surface area contributed by atoms with Crippen LogP contribution in [0.3, 0.4) is 0 Å². The van der Waals surface area contributed by atoms with Gasteiger partial charge in [-0.05, 0) is 0 Å². The molecule has 86 valence electrons. The summed E-state index contributed by atoms with van der Waals surface area (Å²) in [6.45, 7) is 0. The van der Waals surface area contributed by atoms with Crippen molar-refractivity contribution in [2.24, 2.45) is 0 Å². The summed E-state index contributed by atoms with van der Waals surface area (Å²) in [4.78, 5) is 0. The van der Waals surface area contributed by atoms with Crippen LogP contribution in [0.1, 0.15) is 0 Å². The average molecular weight is 358 g/mol. The Kier molecular flexibility index (Phi) is 2.39. The molecule has 0 radical (unpaired) electrons. The van der Waals surface area contributed by atoms with Crippen LogP contribution in [0.5, 0.6) is 0 Å². The van der Waals surface area contributed by atoms with Crippen molar-refractivity contribution in [2.75, 3.05) is 0 Å². The van der Waals surface area contributed by atoms with E-state index in [1.54, 1.807) is 48.5 Å². The monoisotopic (exact) mass is 360 g/mol. The molecule has 3 nitrogen and oxygen atoms in total. The van der Waals surface area contributed by atoms with Crippen molar-refractivity contribution in [2.45, 2.75) is 0 Å². The maximum atomic E-state index is 12.4. The molecule has 1 aliphatic rings. The van der Waals surface area contributed by atoms with Crippen molar-refractivity contribution < 1.29 is 11.5 Å². The Morgan fingerprint density at radius 2 is 1.18 bits per heavy atom. The van der Waals surface area contributed by atoms with Gasteiger partial charge < -0.3 is 0 Å². The van der Waals surface area contributed by atoms with Crippen LogP contribution in [0.15, 0.2) is 48.5 Å². The molecule has 0 aromatic heterocycles. The van der Waals surface area contributed by atoms with Crippen LogP contribution in [0.4, 0.5) is 0 Å². The van der Waals surface area contributed by atoms with Crippen LogP contribution in [0.2, 0.25) is 0 Å².